The summed E-state index contributed by atoms with van der Waals surface area (Å²) in [4.78, 5) is 42.6. The van der Waals surface area contributed by atoms with Gasteiger partial charge in [-0.05, 0) is 37.1 Å². The molecule has 34 heavy (non-hydrogen) atoms. The number of nitrogens with one attached hydrogen (secondary N) is 2. The molecule has 10 heteroatoms. The summed E-state index contributed by atoms with van der Waals surface area (Å²) in [6.07, 6.45) is 1.54. The monoisotopic (exact) mass is 459 g/mol. The molecule has 0 aliphatic heterocycles. The minimum Gasteiger partial charge on any atom is -0.326 e. The second-order valence-corrected chi connectivity index (χ2v) is 8.10. The van der Waals surface area contributed by atoms with Gasteiger partial charge in [-0.3, -0.25) is 23.3 Å². The molecule has 1 amide bonds. The Balaban J connectivity index is 1.70. The first-order valence-electron chi connectivity index (χ1n) is 10.6. The predicted molar refractivity (Wildman–Crippen MR) is 132 cm³/mol. The Labute approximate surface area is 195 Å². The Hall–Kier alpha value is -4.47. The molecule has 0 radical (unpaired) electrons. The van der Waals surface area contributed by atoms with Gasteiger partial charge in [0, 0.05) is 19.8 Å². The van der Waals surface area contributed by atoms with Crippen molar-refractivity contribution in [3.63, 3.8) is 0 Å². The van der Waals surface area contributed by atoms with Crippen LogP contribution in [0.3, 0.4) is 0 Å². The number of carbonyl (C=O) groups excluding carboxylic acids is 1. The van der Waals surface area contributed by atoms with Gasteiger partial charge in [0.1, 0.15) is 6.54 Å². The molecule has 0 bridgehead atoms. The lowest BCUT2D eigenvalue weighted by Gasteiger charge is -2.10. The lowest BCUT2D eigenvalue weighted by atomic mass is 10.2. The maximum atomic E-state index is 12.9. The number of hydrogen-bond donors (Lipinski definition) is 2. The van der Waals surface area contributed by atoms with Crippen LogP contribution in [0.15, 0.2) is 63.2 Å². The van der Waals surface area contributed by atoms with Crippen molar-refractivity contribution in [3.8, 4) is 0 Å². The molecule has 4 rings (SSSR count). The van der Waals surface area contributed by atoms with Gasteiger partial charge in [0.05, 0.1) is 6.21 Å². The van der Waals surface area contributed by atoms with Gasteiger partial charge in [-0.15, -0.1) is 0 Å². The summed E-state index contributed by atoms with van der Waals surface area (Å²) in [6.45, 7) is 3.71. The molecule has 2 aromatic heterocycles. The van der Waals surface area contributed by atoms with Gasteiger partial charge in [-0.2, -0.15) is 10.1 Å². The van der Waals surface area contributed by atoms with E-state index in [9.17, 15) is 14.4 Å². The van der Waals surface area contributed by atoms with Gasteiger partial charge < -0.3 is 5.32 Å². The van der Waals surface area contributed by atoms with E-state index in [1.807, 2.05) is 62.4 Å². The minimum atomic E-state index is -0.543. The Kier molecular flexibility index (Phi) is 6.13. The quantitative estimate of drug-likeness (QED) is 0.338. The fourth-order valence-corrected chi connectivity index (χ4v) is 3.56. The molecule has 0 fully saturated rings. The number of fused-ring (bicyclic) bond motifs is 1. The van der Waals surface area contributed by atoms with Crippen LogP contribution in [-0.4, -0.2) is 30.8 Å². The second-order valence-electron chi connectivity index (χ2n) is 8.10. The highest BCUT2D eigenvalue weighted by Crippen LogP contribution is 2.21. The summed E-state index contributed by atoms with van der Waals surface area (Å²) in [5.41, 5.74) is 5.48. The first-order valence-corrected chi connectivity index (χ1v) is 10.6. The predicted octanol–water partition coefficient (Wildman–Crippen LogP) is 1.94. The lowest BCUT2D eigenvalue weighted by Crippen LogP contribution is -2.38. The fraction of sp³-hybridized carbons (Fsp3) is 0.208. The van der Waals surface area contributed by atoms with Crippen molar-refractivity contribution < 1.29 is 4.79 Å². The summed E-state index contributed by atoms with van der Waals surface area (Å²) in [5.74, 6) is -0.192. The van der Waals surface area contributed by atoms with Crippen LogP contribution in [0.25, 0.3) is 11.2 Å². The first kappa shape index (κ1) is 22.7. The molecule has 0 aliphatic carbocycles. The zero-order valence-corrected chi connectivity index (χ0v) is 19.4. The van der Waals surface area contributed by atoms with Gasteiger partial charge in [0.15, 0.2) is 11.2 Å². The molecule has 0 aliphatic rings. The number of carbonyl (C=O) groups is 1. The van der Waals surface area contributed by atoms with Crippen LogP contribution in [0.5, 0.6) is 0 Å². The van der Waals surface area contributed by atoms with Crippen molar-refractivity contribution in [1.82, 2.24) is 24.1 Å². The molecule has 2 aromatic carbocycles. The molecule has 0 saturated heterocycles. The summed E-state index contributed by atoms with van der Waals surface area (Å²) < 4.78 is 3.72. The number of anilines is 2. The fourth-order valence-electron chi connectivity index (χ4n) is 3.56. The number of hydrazone groups is 1. The third kappa shape index (κ3) is 4.51. The molecule has 174 valence electrons. The van der Waals surface area contributed by atoms with Crippen LogP contribution in [0.2, 0.25) is 0 Å². The molecule has 2 heterocycles. The maximum Gasteiger partial charge on any atom is 0.332 e. The van der Waals surface area contributed by atoms with Crippen LogP contribution in [0, 0.1) is 13.8 Å². The smallest absolute Gasteiger partial charge is 0.326 e. The number of rotatable bonds is 6. The number of nitrogens with zero attached hydrogens (tertiary/aromatic N) is 5. The standard InChI is InChI=1S/C24H25N7O3/c1-15-8-10-17(11-9-15)13-25-28-19(32)14-31-20-21(29(3)24(34)30(4)22(20)33)27-23(31)26-18-7-5-6-16(2)12-18/h5-13H,14H2,1-4H3,(H,26,27)(H,28,32)/b25-13-. The highest BCUT2D eigenvalue weighted by molar-refractivity contribution is 5.84. The van der Waals surface area contributed by atoms with Crippen molar-refractivity contribution >= 4 is 34.9 Å². The molecule has 0 spiro atoms. The topological polar surface area (TPSA) is 115 Å². The minimum absolute atomic E-state index is 0.136. The normalized spacial score (nSPS) is 11.3. The van der Waals surface area contributed by atoms with Gasteiger partial charge >= 0.3 is 5.69 Å². The van der Waals surface area contributed by atoms with E-state index >= 15 is 0 Å². The largest absolute Gasteiger partial charge is 0.332 e. The van der Waals surface area contributed by atoms with Crippen LogP contribution in [0.1, 0.15) is 16.7 Å². The van der Waals surface area contributed by atoms with E-state index in [0.29, 0.717) is 0 Å². The van der Waals surface area contributed by atoms with E-state index in [2.05, 4.69) is 20.8 Å². The third-order valence-corrected chi connectivity index (χ3v) is 5.40. The summed E-state index contributed by atoms with van der Waals surface area (Å²) in [5, 5.41) is 7.17. The first-order chi connectivity index (χ1) is 16.2. The van der Waals surface area contributed by atoms with Crippen molar-refractivity contribution in [1.29, 1.82) is 0 Å². The van der Waals surface area contributed by atoms with Crippen molar-refractivity contribution in [2.45, 2.75) is 20.4 Å². The Bertz CT molecular complexity index is 1530. The number of aryl methyl sites for hydroxylation is 3. The van der Waals surface area contributed by atoms with Gasteiger partial charge in [0.25, 0.3) is 11.5 Å². The molecular weight excluding hydrogens is 434 g/mol. The average Bonchev–Trinajstić information content (AvgIpc) is 3.15. The van der Waals surface area contributed by atoms with E-state index < -0.39 is 17.2 Å². The van der Waals surface area contributed by atoms with Crippen LogP contribution in [-0.2, 0) is 25.4 Å². The van der Waals surface area contributed by atoms with E-state index in [4.69, 9.17) is 0 Å². The van der Waals surface area contributed by atoms with Gasteiger partial charge in [0.2, 0.25) is 5.95 Å². The third-order valence-electron chi connectivity index (χ3n) is 5.40. The number of aromatic nitrogens is 4. The van der Waals surface area contributed by atoms with Gasteiger partial charge in [-0.25, -0.2) is 10.2 Å². The highest BCUT2D eigenvalue weighted by atomic mass is 16.2. The summed E-state index contributed by atoms with van der Waals surface area (Å²) in [6, 6.07) is 15.3. The Morgan fingerprint density at radius 2 is 1.76 bits per heavy atom. The zero-order valence-electron chi connectivity index (χ0n) is 19.4. The van der Waals surface area contributed by atoms with Gasteiger partial charge in [-0.1, -0.05) is 42.0 Å². The van der Waals surface area contributed by atoms with Crippen molar-refractivity contribution in [2.24, 2.45) is 19.2 Å². The SMILES string of the molecule is Cc1ccc(/C=N\NC(=O)Cn2c(Nc3cccc(C)c3)nc3c2c(=O)n(C)c(=O)n3C)cc1. The van der Waals surface area contributed by atoms with Crippen LogP contribution in [0.4, 0.5) is 11.6 Å². The summed E-state index contributed by atoms with van der Waals surface area (Å²) >= 11 is 0. The Morgan fingerprint density at radius 1 is 1.03 bits per heavy atom. The van der Waals surface area contributed by atoms with E-state index in [-0.39, 0.29) is 23.7 Å². The van der Waals surface area contributed by atoms with Crippen molar-refractivity contribution in [3.05, 3.63) is 86.1 Å². The molecular formula is C24H25N7O3. The van der Waals surface area contributed by atoms with Crippen LogP contribution < -0.4 is 22.0 Å². The second kappa shape index (κ2) is 9.18. The average molecular weight is 460 g/mol. The number of benzene rings is 2. The van der Waals surface area contributed by atoms with E-state index in [1.165, 1.54) is 29.4 Å². The number of hydrogen-bond acceptors (Lipinski definition) is 6. The Morgan fingerprint density at radius 3 is 2.47 bits per heavy atom. The maximum absolute atomic E-state index is 12.9. The molecule has 0 saturated carbocycles. The highest BCUT2D eigenvalue weighted by Gasteiger charge is 2.21. The molecule has 2 N–H and O–H groups in total. The van der Waals surface area contributed by atoms with E-state index in [0.717, 1.165) is 26.9 Å². The molecule has 0 unspecified atom stereocenters. The van der Waals surface area contributed by atoms with Crippen molar-refractivity contribution in [2.75, 3.05) is 5.32 Å². The number of imidazole rings is 1. The summed E-state index contributed by atoms with van der Waals surface area (Å²) in [7, 11) is 2.92. The van der Waals surface area contributed by atoms with Crippen LogP contribution >= 0.6 is 0 Å². The van der Waals surface area contributed by atoms with E-state index in [1.54, 1.807) is 0 Å². The molecule has 10 nitrogen and oxygen atoms in total. The zero-order chi connectivity index (χ0) is 24.4. The number of amides is 1. The molecule has 4 aromatic rings. The lowest BCUT2D eigenvalue weighted by molar-refractivity contribution is -0.121. The molecule has 0 atom stereocenters.